The molecule has 1 aromatic heterocycles. The predicted octanol–water partition coefficient (Wildman–Crippen LogP) is 2.51. The summed E-state index contributed by atoms with van der Waals surface area (Å²) in [5.41, 5.74) is -0.885. The van der Waals surface area contributed by atoms with Crippen LogP contribution in [-0.4, -0.2) is 48.2 Å². The van der Waals surface area contributed by atoms with E-state index in [0.29, 0.717) is 13.0 Å². The number of aromatic nitrogens is 1. The van der Waals surface area contributed by atoms with E-state index in [0.717, 1.165) is 12.8 Å². The highest BCUT2D eigenvalue weighted by atomic mass is 32.1. The van der Waals surface area contributed by atoms with Gasteiger partial charge in [-0.05, 0) is 46.1 Å². The molecule has 0 saturated carbocycles. The molecule has 1 aromatic rings. The zero-order valence-electron chi connectivity index (χ0n) is 14.4. The smallest absolute Gasteiger partial charge is 0.410 e. The molecule has 136 valence electrons. The second-order valence-corrected chi connectivity index (χ2v) is 7.37. The topological polar surface area (TPSA) is 103 Å². The third kappa shape index (κ3) is 4.62. The quantitative estimate of drug-likeness (QED) is 0.352. The Bertz CT molecular complexity index is 725. The van der Waals surface area contributed by atoms with E-state index < -0.39 is 22.7 Å². The summed E-state index contributed by atoms with van der Waals surface area (Å²) in [7, 11) is 0. The van der Waals surface area contributed by atoms with E-state index in [1.54, 1.807) is 20.8 Å². The molecule has 1 aliphatic heterocycles. The maximum atomic E-state index is 12.5. The maximum Gasteiger partial charge on any atom is 0.410 e. The van der Waals surface area contributed by atoms with Crippen molar-refractivity contribution in [3.63, 3.8) is 0 Å². The van der Waals surface area contributed by atoms with Crippen LogP contribution in [0, 0.1) is 10.1 Å². The molecule has 1 aliphatic rings. The number of likely N-dealkylation sites (tertiary alicyclic amines) is 1. The normalized spacial score (nSPS) is 17.7. The molecule has 9 heteroatoms. The lowest BCUT2D eigenvalue weighted by Crippen LogP contribution is -2.50. The lowest BCUT2D eigenvalue weighted by atomic mass is 9.97. The van der Waals surface area contributed by atoms with Crippen molar-refractivity contribution < 1.29 is 18.7 Å². The average molecular weight is 367 g/mol. The summed E-state index contributed by atoms with van der Waals surface area (Å²) in [6, 6.07) is 2.18. The fraction of sp³-hybridized carbons (Fsp3) is 0.562. The van der Waals surface area contributed by atoms with Gasteiger partial charge in [-0.1, -0.05) is 0 Å². The van der Waals surface area contributed by atoms with Crippen LogP contribution in [0.1, 0.15) is 45.7 Å². The average Bonchev–Trinajstić information content (AvgIpc) is 2.54. The van der Waals surface area contributed by atoms with Crippen molar-refractivity contribution in [1.29, 1.82) is 0 Å². The molecule has 0 spiro atoms. The van der Waals surface area contributed by atoms with Gasteiger partial charge >= 0.3 is 6.09 Å². The van der Waals surface area contributed by atoms with Crippen LogP contribution in [0.3, 0.4) is 0 Å². The second-order valence-electron chi connectivity index (χ2n) is 6.76. The van der Waals surface area contributed by atoms with Gasteiger partial charge in [-0.15, -0.1) is 0 Å². The molecule has 0 N–H and O–H groups in total. The molecule has 1 saturated heterocycles. The number of carbonyl (C=O) groups is 1. The summed E-state index contributed by atoms with van der Waals surface area (Å²) < 4.78 is 17.2. The van der Waals surface area contributed by atoms with E-state index in [1.807, 2.05) is 0 Å². The molecule has 8 nitrogen and oxygen atoms in total. The van der Waals surface area contributed by atoms with Gasteiger partial charge in [0.15, 0.2) is 5.69 Å². The Morgan fingerprint density at radius 1 is 1.44 bits per heavy atom. The molecule has 0 aliphatic carbocycles. The molecule has 0 aromatic carbocycles. The number of nitro groups is 1. The van der Waals surface area contributed by atoms with E-state index in [9.17, 15) is 19.1 Å². The fourth-order valence-electron chi connectivity index (χ4n) is 2.73. The van der Waals surface area contributed by atoms with Gasteiger partial charge in [0.1, 0.15) is 10.5 Å². The third-order valence-corrected chi connectivity index (χ3v) is 4.38. The van der Waals surface area contributed by atoms with Crippen molar-refractivity contribution in [2.45, 2.75) is 51.7 Å². The van der Waals surface area contributed by atoms with Crippen molar-refractivity contribution in [3.8, 4) is 0 Å². The van der Waals surface area contributed by atoms with Gasteiger partial charge in [0, 0.05) is 18.8 Å². The first-order chi connectivity index (χ1) is 11.7. The number of piperidine rings is 1. The maximum absolute atomic E-state index is 12.5. The zero-order valence-corrected chi connectivity index (χ0v) is 15.2. The van der Waals surface area contributed by atoms with Gasteiger partial charge in [0.25, 0.3) is 5.69 Å². The molecular formula is C16H21N3O5S. The van der Waals surface area contributed by atoms with Gasteiger partial charge in [0.2, 0.25) is 0 Å². The summed E-state index contributed by atoms with van der Waals surface area (Å²) in [4.78, 5) is 28.9. The molecule has 1 fully saturated rings. The van der Waals surface area contributed by atoms with E-state index in [1.165, 1.54) is 23.2 Å². The van der Waals surface area contributed by atoms with Crippen LogP contribution in [0.4, 0.5) is 10.5 Å². The van der Waals surface area contributed by atoms with E-state index in [2.05, 4.69) is 4.98 Å². The van der Waals surface area contributed by atoms with Crippen LogP contribution in [-0.2, 0) is 16.0 Å². The third-order valence-electron chi connectivity index (χ3n) is 3.74. The molecule has 1 unspecified atom stereocenters. The number of ether oxygens (including phenoxy) is 1. The fourth-order valence-corrected chi connectivity index (χ4v) is 3.32. The molecule has 1 atom stereocenters. The van der Waals surface area contributed by atoms with Gasteiger partial charge in [0.05, 0.1) is 22.2 Å². The Labute approximate surface area is 149 Å². The zero-order chi connectivity index (χ0) is 18.6. The van der Waals surface area contributed by atoms with E-state index in [-0.39, 0.29) is 27.5 Å². The minimum Gasteiger partial charge on any atom is -0.444 e. The van der Waals surface area contributed by atoms with Gasteiger partial charge in [-0.3, -0.25) is 10.1 Å². The summed E-state index contributed by atoms with van der Waals surface area (Å²) in [5.74, 6) is 0. The minimum atomic E-state index is -0.666. The van der Waals surface area contributed by atoms with Crippen molar-refractivity contribution in [2.24, 2.45) is 0 Å². The van der Waals surface area contributed by atoms with Gasteiger partial charge < -0.3 is 9.64 Å². The van der Waals surface area contributed by atoms with Gasteiger partial charge in [-0.25, -0.2) is 14.0 Å². The first kappa shape index (κ1) is 19.0. The van der Waals surface area contributed by atoms with Crippen molar-refractivity contribution in [3.05, 3.63) is 34.1 Å². The van der Waals surface area contributed by atoms with Crippen LogP contribution in [0.15, 0.2) is 18.3 Å². The van der Waals surface area contributed by atoms with Crippen molar-refractivity contribution in [1.82, 2.24) is 9.88 Å². The molecule has 0 bridgehead atoms. The predicted molar refractivity (Wildman–Crippen MR) is 93.7 cm³/mol. The first-order valence-corrected chi connectivity index (χ1v) is 8.75. The summed E-state index contributed by atoms with van der Waals surface area (Å²) in [6.45, 7) is 5.73. The Morgan fingerprint density at radius 3 is 2.76 bits per heavy atom. The van der Waals surface area contributed by atoms with E-state index in [4.69, 9.17) is 4.74 Å². The van der Waals surface area contributed by atoms with Gasteiger partial charge in [-0.2, -0.15) is 0 Å². The molecule has 25 heavy (non-hydrogen) atoms. The lowest BCUT2D eigenvalue weighted by Gasteiger charge is -2.36. The number of pyridine rings is 1. The first-order valence-electron chi connectivity index (χ1n) is 8.00. The molecule has 1 amide bonds. The highest BCUT2D eigenvalue weighted by Crippen LogP contribution is 2.26. The number of rotatable bonds is 3. The van der Waals surface area contributed by atoms with Crippen LogP contribution in [0.25, 0.3) is 0 Å². The SMILES string of the molecule is CC(C)(C)OC(=O)N1CCCCC1C(=S=O)c1ncccc1[N+](=O)[O-]. The Hall–Kier alpha value is -2.29. The Kier molecular flexibility index (Phi) is 5.89. The highest BCUT2D eigenvalue weighted by Gasteiger charge is 2.36. The van der Waals surface area contributed by atoms with Crippen LogP contribution >= 0.6 is 0 Å². The van der Waals surface area contributed by atoms with Crippen LogP contribution < -0.4 is 0 Å². The molecule has 2 rings (SSSR count). The minimum absolute atomic E-state index is 0.0213. The number of hydrogen-bond donors (Lipinski definition) is 0. The number of carbonyl (C=O) groups excluding carboxylic acids is 1. The van der Waals surface area contributed by atoms with Crippen LogP contribution in [0.5, 0.6) is 0 Å². The summed E-state index contributed by atoms with van der Waals surface area (Å²) >= 11 is 0.151. The molecule has 2 heterocycles. The standard InChI is InChI=1S/C16H21N3O5S/c1-16(2,3)24-15(20)18-10-5-4-7-12(18)14(25-23)13-11(19(21)22)8-6-9-17-13/h6,8-9,12H,4-5,7,10H2,1-3H3. The molecular weight excluding hydrogens is 346 g/mol. The Balaban J connectivity index is 2.40. The summed E-state index contributed by atoms with van der Waals surface area (Å²) in [5, 5.41) is 11.3. The lowest BCUT2D eigenvalue weighted by molar-refractivity contribution is -0.385. The largest absolute Gasteiger partial charge is 0.444 e. The number of hydrogen-bond acceptors (Lipinski definition) is 6. The highest BCUT2D eigenvalue weighted by molar-refractivity contribution is 7.67. The van der Waals surface area contributed by atoms with Crippen molar-refractivity contribution >= 4 is 27.9 Å². The summed E-state index contributed by atoms with van der Waals surface area (Å²) in [6.07, 6.45) is 3.02. The van der Waals surface area contributed by atoms with Crippen molar-refractivity contribution in [2.75, 3.05) is 6.54 Å². The monoisotopic (exact) mass is 367 g/mol. The number of amides is 1. The number of nitrogens with zero attached hydrogens (tertiary/aromatic N) is 3. The Morgan fingerprint density at radius 2 is 2.16 bits per heavy atom. The van der Waals surface area contributed by atoms with E-state index >= 15 is 0 Å². The second kappa shape index (κ2) is 7.73. The van der Waals surface area contributed by atoms with Crippen LogP contribution in [0.2, 0.25) is 0 Å². The molecule has 0 radical (unpaired) electrons.